The Kier molecular flexibility index (Phi) is 4.84. The number of nitro groups is 1. The molecule has 0 bridgehead atoms. The second kappa shape index (κ2) is 7.24. The largest absolute Gasteiger partial charge is 0.329 e. The van der Waals surface area contributed by atoms with Crippen molar-refractivity contribution in [1.82, 2.24) is 20.4 Å². The lowest BCUT2D eigenvalue weighted by atomic mass is 10.2. The average Bonchev–Trinajstić information content (AvgIpc) is 2.99. The van der Waals surface area contributed by atoms with E-state index in [-0.39, 0.29) is 11.3 Å². The normalized spacial score (nSPS) is 10.6. The molecular weight excluding hydrogens is 350 g/mol. The lowest BCUT2D eigenvalue weighted by Gasteiger charge is -2.08. The third kappa shape index (κ3) is 3.61. The highest BCUT2D eigenvalue weighted by Gasteiger charge is 2.13. The highest BCUT2D eigenvalue weighted by Crippen LogP contribution is 2.17. The van der Waals surface area contributed by atoms with Crippen LogP contribution in [0.1, 0.15) is 33.5 Å². The molecule has 3 aromatic rings. The number of carbonyl (C=O) groups excluding carboxylic acids is 2. The van der Waals surface area contributed by atoms with Crippen molar-refractivity contribution in [1.29, 1.82) is 0 Å². The van der Waals surface area contributed by atoms with Crippen LogP contribution in [0.4, 0.5) is 5.69 Å². The molecule has 138 valence electrons. The van der Waals surface area contributed by atoms with Gasteiger partial charge in [0.05, 0.1) is 16.0 Å². The minimum atomic E-state index is -0.578. The Bertz CT molecular complexity index is 1040. The summed E-state index contributed by atoms with van der Waals surface area (Å²) in [6.07, 6.45) is 0. The first-order valence-corrected chi connectivity index (χ1v) is 8.22. The maximum atomic E-state index is 12.3. The second-order valence-corrected chi connectivity index (χ2v) is 5.82. The van der Waals surface area contributed by atoms with Crippen LogP contribution >= 0.6 is 0 Å². The lowest BCUT2D eigenvalue weighted by molar-refractivity contribution is -0.384. The van der Waals surface area contributed by atoms with E-state index in [1.807, 2.05) is 24.5 Å². The van der Waals surface area contributed by atoms with Crippen molar-refractivity contribution >= 4 is 28.5 Å². The second-order valence-electron chi connectivity index (χ2n) is 5.82. The van der Waals surface area contributed by atoms with E-state index in [0.717, 1.165) is 17.9 Å². The fraction of sp³-hybridized carbons (Fsp3) is 0.167. The molecule has 0 aliphatic rings. The number of benzene rings is 2. The molecule has 9 nitrogen and oxygen atoms in total. The Labute approximate surface area is 154 Å². The number of hydrazine groups is 1. The lowest BCUT2D eigenvalue weighted by Crippen LogP contribution is -2.41. The number of hydrogen-bond acceptors (Lipinski definition) is 5. The van der Waals surface area contributed by atoms with Crippen molar-refractivity contribution in [2.75, 3.05) is 0 Å². The SMILES string of the molecule is CCn1c(C)nc2cc(C(=O)NNC(=O)c3ccc([N+](=O)[O-])cc3)ccc21. The van der Waals surface area contributed by atoms with Crippen molar-refractivity contribution in [2.45, 2.75) is 20.4 Å². The average molecular weight is 367 g/mol. The van der Waals surface area contributed by atoms with Gasteiger partial charge >= 0.3 is 0 Å². The van der Waals surface area contributed by atoms with Gasteiger partial charge in [0, 0.05) is 29.8 Å². The van der Waals surface area contributed by atoms with Crippen LogP contribution in [0, 0.1) is 17.0 Å². The predicted octanol–water partition coefficient (Wildman–Crippen LogP) is 2.35. The number of hydrogen-bond donors (Lipinski definition) is 2. The monoisotopic (exact) mass is 367 g/mol. The number of nitro benzene ring substituents is 1. The van der Waals surface area contributed by atoms with E-state index in [2.05, 4.69) is 15.8 Å². The molecule has 0 saturated heterocycles. The van der Waals surface area contributed by atoms with Crippen LogP contribution in [0.2, 0.25) is 0 Å². The third-order valence-corrected chi connectivity index (χ3v) is 4.15. The molecule has 3 rings (SSSR count). The zero-order valence-electron chi connectivity index (χ0n) is 14.7. The van der Waals surface area contributed by atoms with E-state index in [1.165, 1.54) is 24.3 Å². The van der Waals surface area contributed by atoms with Crippen LogP contribution < -0.4 is 10.9 Å². The van der Waals surface area contributed by atoms with Gasteiger partial charge in [0.25, 0.3) is 17.5 Å². The zero-order valence-corrected chi connectivity index (χ0v) is 14.7. The Morgan fingerprint density at radius 1 is 1.07 bits per heavy atom. The molecule has 0 unspecified atom stereocenters. The van der Waals surface area contributed by atoms with Gasteiger partial charge in [-0.15, -0.1) is 0 Å². The van der Waals surface area contributed by atoms with Gasteiger partial charge in [-0.25, -0.2) is 4.98 Å². The first kappa shape index (κ1) is 18.1. The van der Waals surface area contributed by atoms with Crippen LogP contribution in [0.3, 0.4) is 0 Å². The molecule has 9 heteroatoms. The van der Waals surface area contributed by atoms with E-state index < -0.39 is 16.7 Å². The summed E-state index contributed by atoms with van der Waals surface area (Å²) in [7, 11) is 0. The van der Waals surface area contributed by atoms with Gasteiger partial charge in [0.2, 0.25) is 0 Å². The predicted molar refractivity (Wildman–Crippen MR) is 98.2 cm³/mol. The maximum Gasteiger partial charge on any atom is 0.269 e. The van der Waals surface area contributed by atoms with Crippen molar-refractivity contribution in [3.63, 3.8) is 0 Å². The van der Waals surface area contributed by atoms with Crippen LogP contribution in [-0.2, 0) is 6.54 Å². The summed E-state index contributed by atoms with van der Waals surface area (Å²) in [5.74, 6) is -0.210. The van der Waals surface area contributed by atoms with Crippen LogP contribution in [0.15, 0.2) is 42.5 Å². The zero-order chi connectivity index (χ0) is 19.6. The number of rotatable bonds is 4. The number of imidazole rings is 1. The van der Waals surface area contributed by atoms with E-state index >= 15 is 0 Å². The van der Waals surface area contributed by atoms with Crippen molar-refractivity contribution in [3.8, 4) is 0 Å². The van der Waals surface area contributed by atoms with Gasteiger partial charge < -0.3 is 4.57 Å². The number of amides is 2. The quantitative estimate of drug-likeness (QED) is 0.542. The number of carbonyl (C=O) groups is 2. The van der Waals surface area contributed by atoms with Crippen LogP contribution in [0.25, 0.3) is 11.0 Å². The first-order valence-electron chi connectivity index (χ1n) is 8.22. The molecule has 27 heavy (non-hydrogen) atoms. The van der Waals surface area contributed by atoms with E-state index in [4.69, 9.17) is 0 Å². The van der Waals surface area contributed by atoms with E-state index in [1.54, 1.807) is 12.1 Å². The van der Waals surface area contributed by atoms with Gasteiger partial charge in [-0.3, -0.25) is 30.6 Å². The Morgan fingerprint density at radius 2 is 1.67 bits per heavy atom. The summed E-state index contributed by atoms with van der Waals surface area (Å²) in [5.41, 5.74) is 6.67. The first-order chi connectivity index (χ1) is 12.9. The molecule has 0 atom stereocenters. The highest BCUT2D eigenvalue weighted by atomic mass is 16.6. The Balaban J connectivity index is 1.69. The van der Waals surface area contributed by atoms with E-state index in [9.17, 15) is 19.7 Å². The Morgan fingerprint density at radius 3 is 2.26 bits per heavy atom. The molecule has 0 saturated carbocycles. The van der Waals surface area contributed by atoms with Gasteiger partial charge in [-0.05, 0) is 44.2 Å². The van der Waals surface area contributed by atoms with Gasteiger partial charge in [0.1, 0.15) is 5.82 Å². The molecule has 0 fully saturated rings. The molecule has 2 aromatic carbocycles. The van der Waals surface area contributed by atoms with Crippen molar-refractivity contribution < 1.29 is 14.5 Å². The summed E-state index contributed by atoms with van der Waals surface area (Å²) in [6, 6.07) is 10.2. The third-order valence-electron chi connectivity index (χ3n) is 4.15. The van der Waals surface area contributed by atoms with Gasteiger partial charge in [-0.2, -0.15) is 0 Å². The van der Waals surface area contributed by atoms with Crippen LogP contribution in [0.5, 0.6) is 0 Å². The van der Waals surface area contributed by atoms with Gasteiger partial charge in [-0.1, -0.05) is 0 Å². The summed E-state index contributed by atoms with van der Waals surface area (Å²) < 4.78 is 2.04. The fourth-order valence-electron chi connectivity index (χ4n) is 2.78. The number of nitrogens with zero attached hydrogens (tertiary/aromatic N) is 3. The van der Waals surface area contributed by atoms with E-state index in [0.29, 0.717) is 11.1 Å². The van der Waals surface area contributed by atoms with Crippen LogP contribution in [-0.4, -0.2) is 26.3 Å². The number of fused-ring (bicyclic) bond motifs is 1. The summed E-state index contributed by atoms with van der Waals surface area (Å²) >= 11 is 0. The fourth-order valence-corrected chi connectivity index (χ4v) is 2.78. The molecule has 1 aromatic heterocycles. The summed E-state index contributed by atoms with van der Waals surface area (Å²) in [5, 5.41) is 10.6. The minimum absolute atomic E-state index is 0.120. The number of non-ortho nitro benzene ring substituents is 1. The number of aromatic nitrogens is 2. The highest BCUT2D eigenvalue weighted by molar-refractivity contribution is 6.00. The Hall–Kier alpha value is -3.75. The van der Waals surface area contributed by atoms with Gasteiger partial charge in [0.15, 0.2) is 0 Å². The number of nitrogens with one attached hydrogen (secondary N) is 2. The van der Waals surface area contributed by atoms with Crippen molar-refractivity contribution in [3.05, 3.63) is 69.5 Å². The molecule has 0 radical (unpaired) electrons. The molecule has 1 heterocycles. The smallest absolute Gasteiger partial charge is 0.269 e. The standard InChI is InChI=1S/C18H17N5O4/c1-3-22-11(2)19-15-10-13(6-9-16(15)22)18(25)21-20-17(24)12-4-7-14(8-5-12)23(26)27/h4-10H,3H2,1-2H3,(H,20,24)(H,21,25). The molecule has 0 aliphatic heterocycles. The summed E-state index contributed by atoms with van der Waals surface area (Å²) in [4.78, 5) is 38.8. The molecule has 0 spiro atoms. The van der Waals surface area contributed by atoms with Crippen molar-refractivity contribution in [2.24, 2.45) is 0 Å². The minimum Gasteiger partial charge on any atom is -0.329 e. The topological polar surface area (TPSA) is 119 Å². The molecule has 2 N–H and O–H groups in total. The summed E-state index contributed by atoms with van der Waals surface area (Å²) in [6.45, 7) is 4.69. The molecular formula is C18H17N5O4. The maximum absolute atomic E-state index is 12.3. The molecule has 0 aliphatic carbocycles. The molecule has 2 amide bonds. The number of aryl methyl sites for hydroxylation is 2.